The van der Waals surface area contributed by atoms with E-state index in [4.69, 9.17) is 9.15 Å². The highest BCUT2D eigenvalue weighted by Crippen LogP contribution is 2.15. The van der Waals surface area contributed by atoms with E-state index in [0.29, 0.717) is 43.4 Å². The molecule has 2 aromatic rings. The second kappa shape index (κ2) is 8.85. The fourth-order valence-electron chi connectivity index (χ4n) is 2.94. The molecule has 0 spiro atoms. The third-order valence-corrected chi connectivity index (χ3v) is 5.62. The van der Waals surface area contributed by atoms with E-state index in [9.17, 15) is 13.8 Å². The van der Waals surface area contributed by atoms with Gasteiger partial charge in [0.05, 0.1) is 13.4 Å². The molecule has 8 heteroatoms. The molecule has 144 valence electrons. The van der Waals surface area contributed by atoms with Crippen molar-refractivity contribution >= 4 is 22.6 Å². The van der Waals surface area contributed by atoms with Crippen LogP contribution in [0.4, 0.5) is 0 Å². The zero-order valence-corrected chi connectivity index (χ0v) is 15.9. The number of amides is 2. The summed E-state index contributed by atoms with van der Waals surface area (Å²) in [5.41, 5.74) is 0.870. The smallest absolute Gasteiger partial charge is 0.289 e. The van der Waals surface area contributed by atoms with E-state index in [1.165, 1.54) is 6.26 Å². The van der Waals surface area contributed by atoms with Gasteiger partial charge in [-0.2, -0.15) is 0 Å². The molecule has 7 nitrogen and oxygen atoms in total. The molecular formula is C19H22N2O5S. The average molecular weight is 390 g/mol. The Morgan fingerprint density at radius 1 is 1.11 bits per heavy atom. The first-order valence-corrected chi connectivity index (χ1v) is 10.1. The van der Waals surface area contributed by atoms with Gasteiger partial charge >= 0.3 is 0 Å². The summed E-state index contributed by atoms with van der Waals surface area (Å²) in [4.78, 5) is 28.0. The Bertz CT molecular complexity index is 813. The minimum absolute atomic E-state index is 0.0245. The highest BCUT2D eigenvalue weighted by Gasteiger charge is 2.26. The van der Waals surface area contributed by atoms with Crippen molar-refractivity contribution in [3.05, 3.63) is 54.0 Å². The summed E-state index contributed by atoms with van der Waals surface area (Å²) < 4.78 is 22.6. The van der Waals surface area contributed by atoms with Gasteiger partial charge in [-0.05, 0) is 29.8 Å². The first kappa shape index (κ1) is 19.2. The van der Waals surface area contributed by atoms with E-state index in [1.807, 2.05) is 24.3 Å². The molecule has 0 saturated carbocycles. The standard InChI is InChI=1S/C19H22N2O5S/c1-25-16-5-2-4-15(12-16)13-27(24)14-18(22)20-7-9-21(10-8-20)19(23)17-6-3-11-26-17/h2-6,11-12H,7-10,13-14H2,1H3/t27-/m0/s1. The van der Waals surface area contributed by atoms with E-state index in [2.05, 4.69) is 0 Å². The van der Waals surface area contributed by atoms with Crippen LogP contribution in [0.2, 0.25) is 0 Å². The number of ether oxygens (including phenoxy) is 1. The van der Waals surface area contributed by atoms with Crippen molar-refractivity contribution in [1.29, 1.82) is 0 Å². The van der Waals surface area contributed by atoms with Gasteiger partial charge in [0, 0.05) is 42.7 Å². The molecule has 1 aliphatic heterocycles. The first-order chi connectivity index (χ1) is 13.1. The third kappa shape index (κ3) is 4.97. The second-order valence-electron chi connectivity index (χ2n) is 6.23. The summed E-state index contributed by atoms with van der Waals surface area (Å²) in [6.45, 7) is 1.74. The monoisotopic (exact) mass is 390 g/mol. The molecule has 0 bridgehead atoms. The number of hydrogen-bond acceptors (Lipinski definition) is 5. The van der Waals surface area contributed by atoms with Gasteiger partial charge in [0.2, 0.25) is 5.91 Å². The maximum Gasteiger partial charge on any atom is 0.289 e. The normalized spacial score (nSPS) is 15.4. The number of piperazine rings is 1. The predicted octanol–water partition coefficient (Wildman–Crippen LogP) is 1.52. The van der Waals surface area contributed by atoms with Crippen LogP contribution in [0, 0.1) is 0 Å². The summed E-state index contributed by atoms with van der Waals surface area (Å²) in [5.74, 6) is 0.959. The number of benzene rings is 1. The summed E-state index contributed by atoms with van der Waals surface area (Å²) >= 11 is 0. The molecule has 1 atom stereocenters. The van der Waals surface area contributed by atoms with Crippen LogP contribution in [0.1, 0.15) is 16.1 Å². The number of rotatable bonds is 6. The van der Waals surface area contributed by atoms with Gasteiger partial charge in [-0.25, -0.2) is 0 Å². The Morgan fingerprint density at radius 2 is 1.85 bits per heavy atom. The fourth-order valence-corrected chi connectivity index (χ4v) is 4.05. The van der Waals surface area contributed by atoms with E-state index < -0.39 is 10.8 Å². The molecule has 2 heterocycles. The van der Waals surface area contributed by atoms with Crippen LogP contribution in [0.5, 0.6) is 5.75 Å². The lowest BCUT2D eigenvalue weighted by Gasteiger charge is -2.34. The molecule has 1 aromatic carbocycles. The van der Waals surface area contributed by atoms with E-state index in [0.717, 1.165) is 5.56 Å². The number of carbonyl (C=O) groups excluding carboxylic acids is 2. The fraction of sp³-hybridized carbons (Fsp3) is 0.368. The minimum atomic E-state index is -1.30. The predicted molar refractivity (Wildman–Crippen MR) is 101 cm³/mol. The van der Waals surface area contributed by atoms with Crippen LogP contribution < -0.4 is 4.74 Å². The largest absolute Gasteiger partial charge is 0.497 e. The number of carbonyl (C=O) groups is 2. The van der Waals surface area contributed by atoms with Crippen molar-refractivity contribution in [2.24, 2.45) is 0 Å². The summed E-state index contributed by atoms with van der Waals surface area (Å²) in [7, 11) is 0.282. The van der Waals surface area contributed by atoms with Crippen LogP contribution in [-0.4, -0.2) is 64.9 Å². The Kier molecular flexibility index (Phi) is 6.28. The van der Waals surface area contributed by atoms with Crippen molar-refractivity contribution in [3.63, 3.8) is 0 Å². The lowest BCUT2D eigenvalue weighted by Crippen LogP contribution is -2.51. The molecule has 27 heavy (non-hydrogen) atoms. The molecule has 2 amide bonds. The summed E-state index contributed by atoms with van der Waals surface area (Å²) in [5, 5.41) is 0. The Labute approximate surface area is 160 Å². The van der Waals surface area contributed by atoms with Crippen LogP contribution in [-0.2, 0) is 21.3 Å². The molecule has 1 aliphatic rings. The Hall–Kier alpha value is -2.61. The van der Waals surface area contributed by atoms with Gasteiger partial charge in [-0.1, -0.05) is 12.1 Å². The topological polar surface area (TPSA) is 80.1 Å². The van der Waals surface area contributed by atoms with Crippen LogP contribution in [0.25, 0.3) is 0 Å². The molecule has 1 fully saturated rings. The molecular weight excluding hydrogens is 368 g/mol. The Morgan fingerprint density at radius 3 is 2.52 bits per heavy atom. The molecule has 1 aromatic heterocycles. The number of methoxy groups -OCH3 is 1. The van der Waals surface area contributed by atoms with Crippen LogP contribution in [0.3, 0.4) is 0 Å². The van der Waals surface area contributed by atoms with Crippen molar-refractivity contribution in [3.8, 4) is 5.75 Å². The highest BCUT2D eigenvalue weighted by atomic mass is 32.2. The van der Waals surface area contributed by atoms with Gasteiger partial charge in [-0.3, -0.25) is 13.8 Å². The molecule has 3 rings (SSSR count). The molecule has 0 unspecified atom stereocenters. The van der Waals surface area contributed by atoms with Gasteiger partial charge in [0.25, 0.3) is 5.91 Å². The van der Waals surface area contributed by atoms with Gasteiger partial charge in [0.1, 0.15) is 11.5 Å². The number of nitrogens with zero attached hydrogens (tertiary/aromatic N) is 2. The van der Waals surface area contributed by atoms with Gasteiger partial charge in [-0.15, -0.1) is 0 Å². The quantitative estimate of drug-likeness (QED) is 0.747. The zero-order valence-electron chi connectivity index (χ0n) is 15.1. The molecule has 0 radical (unpaired) electrons. The summed E-state index contributed by atoms with van der Waals surface area (Å²) in [6, 6.07) is 10.6. The van der Waals surface area contributed by atoms with Crippen LogP contribution in [0.15, 0.2) is 47.1 Å². The molecule has 1 saturated heterocycles. The van der Waals surface area contributed by atoms with E-state index >= 15 is 0 Å². The average Bonchev–Trinajstić information content (AvgIpc) is 3.22. The lowest BCUT2D eigenvalue weighted by molar-refractivity contribution is -0.129. The number of furan rings is 1. The van der Waals surface area contributed by atoms with Gasteiger partial charge in [0.15, 0.2) is 5.76 Å². The Balaban J connectivity index is 1.47. The summed E-state index contributed by atoms with van der Waals surface area (Å²) in [6.07, 6.45) is 1.46. The SMILES string of the molecule is COc1cccc(C[S@](=O)CC(=O)N2CCN(C(=O)c3ccco3)CC2)c1. The molecule has 0 N–H and O–H groups in total. The lowest BCUT2D eigenvalue weighted by atomic mass is 10.2. The highest BCUT2D eigenvalue weighted by molar-refractivity contribution is 7.84. The second-order valence-corrected chi connectivity index (χ2v) is 7.69. The van der Waals surface area contributed by atoms with Crippen molar-refractivity contribution < 1.29 is 23.0 Å². The van der Waals surface area contributed by atoms with Gasteiger partial charge < -0.3 is 19.0 Å². The van der Waals surface area contributed by atoms with E-state index in [1.54, 1.807) is 29.0 Å². The number of hydrogen-bond donors (Lipinski definition) is 0. The van der Waals surface area contributed by atoms with Crippen LogP contribution >= 0.6 is 0 Å². The van der Waals surface area contributed by atoms with Crippen molar-refractivity contribution in [1.82, 2.24) is 9.80 Å². The van der Waals surface area contributed by atoms with Crippen molar-refractivity contribution in [2.45, 2.75) is 5.75 Å². The molecule has 0 aliphatic carbocycles. The van der Waals surface area contributed by atoms with Crippen molar-refractivity contribution in [2.75, 3.05) is 39.0 Å². The minimum Gasteiger partial charge on any atom is -0.497 e. The zero-order chi connectivity index (χ0) is 19.2. The third-order valence-electron chi connectivity index (χ3n) is 4.40. The maximum atomic E-state index is 12.4. The maximum absolute atomic E-state index is 12.4. The first-order valence-electron chi connectivity index (χ1n) is 8.65. The van der Waals surface area contributed by atoms with E-state index in [-0.39, 0.29) is 17.6 Å².